The average molecular weight is 675 g/mol. The van der Waals surface area contributed by atoms with Crippen molar-refractivity contribution in [1.82, 2.24) is 9.66 Å². The maximum Gasteiger partial charge on any atom is 0.282 e. The molecule has 0 atom stereocenters. The Morgan fingerprint density at radius 3 is 2.49 bits per heavy atom. The van der Waals surface area contributed by atoms with Gasteiger partial charge in [0.2, 0.25) is 0 Å². The van der Waals surface area contributed by atoms with Crippen LogP contribution in [-0.4, -0.2) is 23.0 Å². The van der Waals surface area contributed by atoms with Crippen LogP contribution in [0.1, 0.15) is 42.0 Å². The van der Waals surface area contributed by atoms with Crippen molar-refractivity contribution >= 4 is 49.0 Å². The van der Waals surface area contributed by atoms with E-state index in [1.165, 1.54) is 4.68 Å². The van der Waals surface area contributed by atoms with Crippen LogP contribution in [0.2, 0.25) is 0 Å². The Kier molecular flexibility index (Phi) is 8.71. The normalized spacial score (nSPS) is 11.5. The van der Waals surface area contributed by atoms with Crippen LogP contribution in [-0.2, 0) is 6.61 Å². The summed E-state index contributed by atoms with van der Waals surface area (Å²) in [5.41, 5.74) is 4.89. The topological polar surface area (TPSA) is 65.7 Å². The van der Waals surface area contributed by atoms with Crippen LogP contribution in [0.4, 0.5) is 0 Å². The number of methoxy groups -OCH3 is 1. The SMILES string of the molecule is COc1cc(C)c(-c2nc3ccccc3c(=O)n2N=Cc2ccccc2OCc2ccc(Br)cc2Br)cc1C(C)C. The Morgan fingerprint density at radius 2 is 1.73 bits per heavy atom. The Morgan fingerprint density at radius 1 is 0.976 bits per heavy atom. The third-order valence-corrected chi connectivity index (χ3v) is 8.05. The Bertz CT molecular complexity index is 1830. The molecular formula is C33H29Br2N3O3. The molecule has 0 radical (unpaired) electrons. The van der Waals surface area contributed by atoms with Crippen LogP contribution in [0.5, 0.6) is 11.5 Å². The fraction of sp³-hybridized carbons (Fsp3) is 0.182. The third-order valence-electron chi connectivity index (χ3n) is 6.82. The summed E-state index contributed by atoms with van der Waals surface area (Å²) >= 11 is 7.08. The van der Waals surface area contributed by atoms with Gasteiger partial charge in [-0.05, 0) is 72.5 Å². The summed E-state index contributed by atoms with van der Waals surface area (Å²) in [5, 5.41) is 5.19. The highest BCUT2D eigenvalue weighted by atomic mass is 79.9. The van der Waals surface area contributed by atoms with Gasteiger partial charge in [0.05, 0.1) is 24.2 Å². The van der Waals surface area contributed by atoms with Crippen molar-refractivity contribution in [3.63, 3.8) is 0 Å². The maximum atomic E-state index is 13.8. The fourth-order valence-electron chi connectivity index (χ4n) is 4.61. The van der Waals surface area contributed by atoms with Crippen LogP contribution in [0.3, 0.4) is 0 Å². The molecule has 0 unspecified atom stereocenters. The molecule has 0 saturated heterocycles. The van der Waals surface area contributed by atoms with E-state index in [0.29, 0.717) is 29.1 Å². The molecule has 0 amide bonds. The van der Waals surface area contributed by atoms with Gasteiger partial charge in [-0.1, -0.05) is 76.0 Å². The molecule has 41 heavy (non-hydrogen) atoms. The van der Waals surface area contributed by atoms with Gasteiger partial charge in [-0.3, -0.25) is 4.79 Å². The van der Waals surface area contributed by atoms with E-state index in [4.69, 9.17) is 19.6 Å². The Hall–Kier alpha value is -3.75. The van der Waals surface area contributed by atoms with Crippen LogP contribution in [0.25, 0.3) is 22.3 Å². The lowest BCUT2D eigenvalue weighted by molar-refractivity contribution is 0.305. The van der Waals surface area contributed by atoms with E-state index in [1.54, 1.807) is 19.4 Å². The molecule has 208 valence electrons. The van der Waals surface area contributed by atoms with E-state index in [-0.39, 0.29) is 11.5 Å². The number of halogens is 2. The van der Waals surface area contributed by atoms with E-state index in [0.717, 1.165) is 42.5 Å². The van der Waals surface area contributed by atoms with Gasteiger partial charge < -0.3 is 9.47 Å². The predicted octanol–water partition coefficient (Wildman–Crippen LogP) is 8.49. The second-order valence-electron chi connectivity index (χ2n) is 9.94. The first-order valence-electron chi connectivity index (χ1n) is 13.2. The molecule has 1 aromatic heterocycles. The number of rotatable bonds is 8. The molecular weight excluding hydrogens is 646 g/mol. The van der Waals surface area contributed by atoms with Crippen molar-refractivity contribution in [2.75, 3.05) is 7.11 Å². The first-order chi connectivity index (χ1) is 19.8. The number of aryl methyl sites for hydroxylation is 1. The molecule has 0 spiro atoms. The van der Waals surface area contributed by atoms with Gasteiger partial charge in [-0.15, -0.1) is 0 Å². The van der Waals surface area contributed by atoms with Crippen molar-refractivity contribution in [3.8, 4) is 22.9 Å². The van der Waals surface area contributed by atoms with Crippen LogP contribution < -0.4 is 15.0 Å². The van der Waals surface area contributed by atoms with Crippen molar-refractivity contribution in [3.05, 3.63) is 120 Å². The Balaban J connectivity index is 1.60. The molecule has 1 heterocycles. The van der Waals surface area contributed by atoms with Gasteiger partial charge in [0.1, 0.15) is 18.1 Å². The van der Waals surface area contributed by atoms with Gasteiger partial charge in [0.25, 0.3) is 5.56 Å². The van der Waals surface area contributed by atoms with Crippen molar-refractivity contribution < 1.29 is 9.47 Å². The first kappa shape index (κ1) is 28.8. The number of para-hydroxylation sites is 2. The lowest BCUT2D eigenvalue weighted by Crippen LogP contribution is -2.21. The van der Waals surface area contributed by atoms with E-state index in [1.807, 2.05) is 73.7 Å². The summed E-state index contributed by atoms with van der Waals surface area (Å²) in [5.74, 6) is 2.13. The molecule has 0 aliphatic heterocycles. The summed E-state index contributed by atoms with van der Waals surface area (Å²) in [6.45, 7) is 6.57. The number of hydrogen-bond donors (Lipinski definition) is 0. The average Bonchev–Trinajstić information content (AvgIpc) is 2.96. The largest absolute Gasteiger partial charge is 0.496 e. The molecule has 5 aromatic rings. The van der Waals surface area contributed by atoms with E-state index < -0.39 is 0 Å². The minimum Gasteiger partial charge on any atom is -0.496 e. The van der Waals surface area contributed by atoms with Gasteiger partial charge in [-0.2, -0.15) is 9.78 Å². The predicted molar refractivity (Wildman–Crippen MR) is 172 cm³/mol. The molecule has 0 N–H and O–H groups in total. The van der Waals surface area contributed by atoms with Crippen molar-refractivity contribution in [2.24, 2.45) is 5.10 Å². The number of hydrogen-bond acceptors (Lipinski definition) is 5. The summed E-state index contributed by atoms with van der Waals surface area (Å²) in [4.78, 5) is 18.7. The highest BCUT2D eigenvalue weighted by Crippen LogP contribution is 2.34. The minimum absolute atomic E-state index is 0.211. The molecule has 0 aliphatic carbocycles. The molecule has 0 saturated carbocycles. The standard InChI is InChI=1S/C33H29Br2N3O3/c1-20(2)26-17-27(21(3)15-31(26)40-4)32-37-29-11-7-6-10-25(29)33(39)38(32)36-18-22-9-5-8-12-30(22)41-19-23-13-14-24(34)16-28(23)35/h5-18,20H,19H2,1-4H3. The Labute approximate surface area is 255 Å². The molecule has 0 fully saturated rings. The van der Waals surface area contributed by atoms with Crippen LogP contribution in [0, 0.1) is 6.92 Å². The zero-order valence-corrected chi connectivity index (χ0v) is 26.4. The summed E-state index contributed by atoms with van der Waals surface area (Å²) < 4.78 is 15.1. The summed E-state index contributed by atoms with van der Waals surface area (Å²) in [7, 11) is 1.67. The third kappa shape index (κ3) is 6.14. The van der Waals surface area contributed by atoms with Crippen LogP contribution in [0.15, 0.2) is 97.7 Å². The van der Waals surface area contributed by atoms with E-state index >= 15 is 0 Å². The lowest BCUT2D eigenvalue weighted by atomic mass is 9.96. The molecule has 0 bridgehead atoms. The van der Waals surface area contributed by atoms with Crippen molar-refractivity contribution in [2.45, 2.75) is 33.3 Å². The first-order valence-corrected chi connectivity index (χ1v) is 14.8. The number of ether oxygens (including phenoxy) is 2. The number of aromatic nitrogens is 2. The smallest absolute Gasteiger partial charge is 0.282 e. The molecule has 8 heteroatoms. The minimum atomic E-state index is -0.250. The maximum absolute atomic E-state index is 13.8. The number of benzene rings is 4. The van der Waals surface area contributed by atoms with Gasteiger partial charge in [0, 0.05) is 25.6 Å². The molecule has 0 aliphatic rings. The number of fused-ring (bicyclic) bond motifs is 1. The highest BCUT2D eigenvalue weighted by molar-refractivity contribution is 9.11. The van der Waals surface area contributed by atoms with E-state index in [9.17, 15) is 4.79 Å². The second-order valence-corrected chi connectivity index (χ2v) is 11.7. The van der Waals surface area contributed by atoms with E-state index in [2.05, 4.69) is 51.8 Å². The quantitative estimate of drug-likeness (QED) is 0.155. The zero-order valence-electron chi connectivity index (χ0n) is 23.2. The molecule has 4 aromatic carbocycles. The zero-order chi connectivity index (χ0) is 29.1. The highest BCUT2D eigenvalue weighted by Gasteiger charge is 2.18. The second kappa shape index (κ2) is 12.4. The monoisotopic (exact) mass is 673 g/mol. The van der Waals surface area contributed by atoms with Crippen molar-refractivity contribution in [1.29, 1.82) is 0 Å². The summed E-state index contributed by atoms with van der Waals surface area (Å²) in [6, 6.07) is 24.9. The lowest BCUT2D eigenvalue weighted by Gasteiger charge is -2.17. The van der Waals surface area contributed by atoms with Crippen LogP contribution >= 0.6 is 31.9 Å². The fourth-order valence-corrected chi connectivity index (χ4v) is 5.77. The van der Waals surface area contributed by atoms with Gasteiger partial charge >= 0.3 is 0 Å². The molecule has 6 nitrogen and oxygen atoms in total. The van der Waals surface area contributed by atoms with Gasteiger partial charge in [-0.25, -0.2) is 4.98 Å². The summed E-state index contributed by atoms with van der Waals surface area (Å²) in [6.07, 6.45) is 1.65. The van der Waals surface area contributed by atoms with Gasteiger partial charge in [0.15, 0.2) is 5.82 Å². The number of nitrogens with zero attached hydrogens (tertiary/aromatic N) is 3. The molecule has 5 rings (SSSR count).